The highest BCUT2D eigenvalue weighted by molar-refractivity contribution is 9.10. The molecule has 0 aliphatic rings. The van der Waals surface area contributed by atoms with Gasteiger partial charge < -0.3 is 10.6 Å². The van der Waals surface area contributed by atoms with Gasteiger partial charge in [0.05, 0.1) is 5.69 Å². The standard InChI is InChI=1S/C20H22BrN5/c1-13-11-15(21)5-6-16(13)23-18-12-17(14-7-9-22-10-8-14)24-19(25-18)26-20(2,3)4/h5-12H,1-4H3,(H2,23,24,25,26). The molecule has 3 rings (SSSR count). The number of aryl methyl sites for hydroxylation is 1. The number of hydrogen-bond donors (Lipinski definition) is 2. The number of benzene rings is 1. The summed E-state index contributed by atoms with van der Waals surface area (Å²) in [5.74, 6) is 1.33. The molecule has 0 saturated carbocycles. The molecule has 0 unspecified atom stereocenters. The average Bonchev–Trinajstić information content (AvgIpc) is 2.56. The first-order valence-corrected chi connectivity index (χ1v) is 9.20. The SMILES string of the molecule is Cc1cc(Br)ccc1Nc1cc(-c2ccncc2)nc(NC(C)(C)C)n1. The molecule has 1 aromatic carbocycles. The van der Waals surface area contributed by atoms with Gasteiger partial charge in [-0.05, 0) is 63.6 Å². The van der Waals surface area contributed by atoms with Gasteiger partial charge in [-0.1, -0.05) is 15.9 Å². The zero-order valence-electron chi connectivity index (χ0n) is 15.3. The molecule has 2 aromatic heterocycles. The van der Waals surface area contributed by atoms with E-state index in [0.717, 1.165) is 32.8 Å². The van der Waals surface area contributed by atoms with Crippen LogP contribution in [0.2, 0.25) is 0 Å². The topological polar surface area (TPSA) is 62.7 Å². The van der Waals surface area contributed by atoms with E-state index < -0.39 is 0 Å². The summed E-state index contributed by atoms with van der Waals surface area (Å²) in [6.07, 6.45) is 3.53. The molecule has 0 aliphatic heterocycles. The highest BCUT2D eigenvalue weighted by atomic mass is 79.9. The van der Waals surface area contributed by atoms with E-state index in [9.17, 15) is 0 Å². The maximum Gasteiger partial charge on any atom is 0.225 e. The van der Waals surface area contributed by atoms with Crippen molar-refractivity contribution in [3.63, 3.8) is 0 Å². The van der Waals surface area contributed by atoms with Crippen molar-refractivity contribution >= 4 is 33.4 Å². The third kappa shape index (κ3) is 4.79. The molecule has 5 nitrogen and oxygen atoms in total. The Hall–Kier alpha value is -2.47. The van der Waals surface area contributed by atoms with Gasteiger partial charge in [-0.25, -0.2) is 4.98 Å². The summed E-state index contributed by atoms with van der Waals surface area (Å²) in [5, 5.41) is 6.76. The quantitative estimate of drug-likeness (QED) is 0.587. The Labute approximate surface area is 162 Å². The van der Waals surface area contributed by atoms with Gasteiger partial charge in [-0.3, -0.25) is 4.98 Å². The Morgan fingerprint density at radius 1 is 0.962 bits per heavy atom. The van der Waals surface area contributed by atoms with Gasteiger partial charge in [0.15, 0.2) is 0 Å². The van der Waals surface area contributed by atoms with E-state index in [1.807, 2.05) is 30.3 Å². The highest BCUT2D eigenvalue weighted by Crippen LogP contribution is 2.27. The van der Waals surface area contributed by atoms with Crippen molar-refractivity contribution in [2.45, 2.75) is 33.2 Å². The molecule has 2 N–H and O–H groups in total. The van der Waals surface area contributed by atoms with Crippen LogP contribution in [0.25, 0.3) is 11.3 Å². The van der Waals surface area contributed by atoms with Gasteiger partial charge in [0.1, 0.15) is 5.82 Å². The van der Waals surface area contributed by atoms with Crippen molar-refractivity contribution in [2.24, 2.45) is 0 Å². The van der Waals surface area contributed by atoms with Gasteiger partial charge in [0.2, 0.25) is 5.95 Å². The van der Waals surface area contributed by atoms with Crippen LogP contribution >= 0.6 is 15.9 Å². The molecule has 0 bridgehead atoms. The van der Waals surface area contributed by atoms with Crippen molar-refractivity contribution in [3.05, 3.63) is 58.8 Å². The number of hydrogen-bond acceptors (Lipinski definition) is 5. The number of pyridine rings is 1. The van der Waals surface area contributed by atoms with Crippen LogP contribution in [0.3, 0.4) is 0 Å². The number of nitrogens with zero attached hydrogens (tertiary/aromatic N) is 3. The van der Waals surface area contributed by atoms with Crippen LogP contribution in [0.4, 0.5) is 17.5 Å². The summed E-state index contributed by atoms with van der Waals surface area (Å²) in [4.78, 5) is 13.4. The van der Waals surface area contributed by atoms with Crippen LogP contribution < -0.4 is 10.6 Å². The second-order valence-electron chi connectivity index (χ2n) is 7.16. The Bertz CT molecular complexity index is 904. The predicted octanol–water partition coefficient (Wildman–Crippen LogP) is 5.56. The molecule has 0 saturated heterocycles. The maximum absolute atomic E-state index is 4.67. The van der Waals surface area contributed by atoms with E-state index in [0.29, 0.717) is 5.95 Å². The van der Waals surface area contributed by atoms with E-state index in [4.69, 9.17) is 0 Å². The first kappa shape index (κ1) is 18.3. The second kappa shape index (κ2) is 7.41. The monoisotopic (exact) mass is 411 g/mol. The molecule has 0 spiro atoms. The van der Waals surface area contributed by atoms with Crippen LogP contribution in [0.1, 0.15) is 26.3 Å². The third-order valence-electron chi connectivity index (χ3n) is 3.64. The first-order chi connectivity index (χ1) is 12.3. The summed E-state index contributed by atoms with van der Waals surface area (Å²) in [6.45, 7) is 8.32. The van der Waals surface area contributed by atoms with Crippen molar-refractivity contribution in [3.8, 4) is 11.3 Å². The number of halogens is 1. The lowest BCUT2D eigenvalue weighted by atomic mass is 10.1. The fourth-order valence-corrected chi connectivity index (χ4v) is 2.95. The van der Waals surface area contributed by atoms with E-state index in [1.165, 1.54) is 0 Å². The molecule has 0 amide bonds. The smallest absolute Gasteiger partial charge is 0.225 e. The third-order valence-corrected chi connectivity index (χ3v) is 4.13. The molecule has 26 heavy (non-hydrogen) atoms. The summed E-state index contributed by atoms with van der Waals surface area (Å²) in [5.41, 5.74) is 3.84. The van der Waals surface area contributed by atoms with Gasteiger partial charge in [0.25, 0.3) is 0 Å². The van der Waals surface area contributed by atoms with E-state index in [-0.39, 0.29) is 5.54 Å². The lowest BCUT2D eigenvalue weighted by molar-refractivity contribution is 0.626. The highest BCUT2D eigenvalue weighted by Gasteiger charge is 2.14. The Balaban J connectivity index is 2.01. The molecule has 0 aliphatic carbocycles. The lowest BCUT2D eigenvalue weighted by Crippen LogP contribution is -2.27. The molecular weight excluding hydrogens is 390 g/mol. The number of rotatable bonds is 4. The van der Waals surface area contributed by atoms with Crippen molar-refractivity contribution in [2.75, 3.05) is 10.6 Å². The maximum atomic E-state index is 4.67. The molecule has 2 heterocycles. The van der Waals surface area contributed by atoms with Crippen molar-refractivity contribution in [1.82, 2.24) is 15.0 Å². The molecule has 0 atom stereocenters. The Morgan fingerprint density at radius 2 is 1.69 bits per heavy atom. The largest absolute Gasteiger partial charge is 0.350 e. The molecule has 6 heteroatoms. The number of aromatic nitrogens is 3. The fraction of sp³-hybridized carbons (Fsp3) is 0.250. The van der Waals surface area contributed by atoms with Crippen molar-refractivity contribution in [1.29, 1.82) is 0 Å². The van der Waals surface area contributed by atoms with Crippen LogP contribution in [0, 0.1) is 6.92 Å². The molecular formula is C20H22BrN5. The summed E-state index contributed by atoms with van der Waals surface area (Å²) >= 11 is 3.50. The van der Waals surface area contributed by atoms with E-state index in [2.05, 4.69) is 75.3 Å². The molecule has 0 radical (unpaired) electrons. The molecule has 134 valence electrons. The average molecular weight is 412 g/mol. The van der Waals surface area contributed by atoms with Crippen LogP contribution in [0.15, 0.2) is 53.3 Å². The zero-order chi connectivity index (χ0) is 18.7. The predicted molar refractivity (Wildman–Crippen MR) is 111 cm³/mol. The minimum Gasteiger partial charge on any atom is -0.350 e. The van der Waals surface area contributed by atoms with Gasteiger partial charge in [-0.15, -0.1) is 0 Å². The Morgan fingerprint density at radius 3 is 2.35 bits per heavy atom. The summed E-state index contributed by atoms with van der Waals surface area (Å²) in [6, 6.07) is 11.9. The fourth-order valence-electron chi connectivity index (χ4n) is 2.48. The minimum absolute atomic E-state index is 0.137. The molecule has 3 aromatic rings. The normalized spacial score (nSPS) is 11.3. The van der Waals surface area contributed by atoms with Gasteiger partial charge >= 0.3 is 0 Å². The zero-order valence-corrected chi connectivity index (χ0v) is 16.9. The summed E-state index contributed by atoms with van der Waals surface area (Å²) < 4.78 is 1.05. The number of anilines is 3. The number of nitrogens with one attached hydrogen (secondary N) is 2. The van der Waals surface area contributed by atoms with Crippen molar-refractivity contribution < 1.29 is 0 Å². The van der Waals surface area contributed by atoms with Gasteiger partial charge in [-0.2, -0.15) is 4.98 Å². The van der Waals surface area contributed by atoms with E-state index >= 15 is 0 Å². The van der Waals surface area contributed by atoms with Crippen LogP contribution in [0.5, 0.6) is 0 Å². The summed E-state index contributed by atoms with van der Waals surface area (Å²) in [7, 11) is 0. The second-order valence-corrected chi connectivity index (χ2v) is 8.07. The van der Waals surface area contributed by atoms with Crippen LogP contribution in [-0.4, -0.2) is 20.5 Å². The minimum atomic E-state index is -0.137. The first-order valence-electron chi connectivity index (χ1n) is 8.41. The van der Waals surface area contributed by atoms with Crippen LogP contribution in [-0.2, 0) is 0 Å². The van der Waals surface area contributed by atoms with Gasteiger partial charge in [0, 0.05) is 39.7 Å². The van der Waals surface area contributed by atoms with E-state index in [1.54, 1.807) is 12.4 Å². The Kier molecular flexibility index (Phi) is 5.23. The lowest BCUT2D eigenvalue weighted by Gasteiger charge is -2.21. The molecule has 0 fully saturated rings.